The van der Waals surface area contributed by atoms with E-state index in [0.717, 1.165) is 16.6 Å². The van der Waals surface area contributed by atoms with E-state index in [2.05, 4.69) is 27.6 Å². The Kier molecular flexibility index (Phi) is 4.34. The van der Waals surface area contributed by atoms with Gasteiger partial charge in [-0.05, 0) is 18.9 Å². The molecule has 1 aromatic heterocycles. The second kappa shape index (κ2) is 5.98. The summed E-state index contributed by atoms with van der Waals surface area (Å²) in [7, 11) is 0. The maximum absolute atomic E-state index is 5.97. The number of aromatic nitrogens is 2. The Morgan fingerprint density at radius 2 is 2.06 bits per heavy atom. The summed E-state index contributed by atoms with van der Waals surface area (Å²) in [4.78, 5) is 0. The molecule has 0 fully saturated rings. The third kappa shape index (κ3) is 3.68. The van der Waals surface area contributed by atoms with E-state index in [1.807, 2.05) is 25.1 Å². The van der Waals surface area contributed by atoms with Crippen molar-refractivity contribution in [3.8, 4) is 0 Å². The first-order valence-electron chi connectivity index (χ1n) is 5.44. The normalized spacial score (nSPS) is 12.4. The van der Waals surface area contributed by atoms with Crippen LogP contribution < -0.4 is 5.32 Å². The number of aryl methyl sites for hydroxylation is 1. The average molecular weight is 268 g/mol. The van der Waals surface area contributed by atoms with Crippen LogP contribution in [0.4, 0.5) is 5.13 Å². The molecule has 5 heteroatoms. The van der Waals surface area contributed by atoms with Crippen LogP contribution in [-0.2, 0) is 6.42 Å². The second-order valence-electron chi connectivity index (χ2n) is 3.81. The summed E-state index contributed by atoms with van der Waals surface area (Å²) in [5.74, 6) is 0.549. The Labute approximate surface area is 110 Å². The van der Waals surface area contributed by atoms with Gasteiger partial charge in [0.15, 0.2) is 0 Å². The van der Waals surface area contributed by atoms with Gasteiger partial charge in [0.2, 0.25) is 5.13 Å². The molecule has 0 bridgehead atoms. The molecule has 1 aromatic carbocycles. The van der Waals surface area contributed by atoms with Gasteiger partial charge in [0.05, 0.1) is 0 Å². The molecule has 3 nitrogen and oxygen atoms in total. The van der Waals surface area contributed by atoms with Crippen molar-refractivity contribution in [3.63, 3.8) is 0 Å². The van der Waals surface area contributed by atoms with Gasteiger partial charge in [0, 0.05) is 11.9 Å². The lowest BCUT2D eigenvalue weighted by Crippen LogP contribution is -2.24. The van der Waals surface area contributed by atoms with Crippen molar-refractivity contribution in [2.75, 3.05) is 11.2 Å². The Balaban J connectivity index is 1.98. The van der Waals surface area contributed by atoms with Crippen molar-refractivity contribution in [3.05, 3.63) is 40.9 Å². The van der Waals surface area contributed by atoms with Crippen molar-refractivity contribution in [1.82, 2.24) is 10.2 Å². The highest BCUT2D eigenvalue weighted by Gasteiger charge is 2.10. The van der Waals surface area contributed by atoms with E-state index >= 15 is 0 Å². The molecule has 0 aliphatic heterocycles. The standard InChI is InChI=1S/C12H14ClN3S/c1-9-15-16-12(17-9)14-11(8-13)7-10-5-3-2-4-6-10/h2-6,11H,7-8H2,1H3,(H,14,16). The molecular formula is C12H14ClN3S. The molecule has 0 radical (unpaired) electrons. The van der Waals surface area contributed by atoms with Gasteiger partial charge in [-0.1, -0.05) is 41.7 Å². The highest BCUT2D eigenvalue weighted by atomic mass is 35.5. The topological polar surface area (TPSA) is 37.8 Å². The predicted octanol–water partition coefficient (Wildman–Crippen LogP) is 3.11. The predicted molar refractivity (Wildman–Crippen MR) is 72.9 cm³/mol. The Morgan fingerprint density at radius 3 is 2.65 bits per heavy atom. The van der Waals surface area contributed by atoms with Crippen molar-refractivity contribution >= 4 is 28.1 Å². The van der Waals surface area contributed by atoms with E-state index in [0.29, 0.717) is 5.88 Å². The number of nitrogens with one attached hydrogen (secondary N) is 1. The van der Waals surface area contributed by atoms with Crippen LogP contribution in [0.3, 0.4) is 0 Å². The maximum Gasteiger partial charge on any atom is 0.205 e. The van der Waals surface area contributed by atoms with E-state index in [-0.39, 0.29) is 6.04 Å². The van der Waals surface area contributed by atoms with Crippen molar-refractivity contribution in [2.45, 2.75) is 19.4 Å². The molecule has 2 rings (SSSR count). The average Bonchev–Trinajstić information content (AvgIpc) is 2.75. The molecule has 1 N–H and O–H groups in total. The van der Waals surface area contributed by atoms with E-state index in [4.69, 9.17) is 11.6 Å². The quantitative estimate of drug-likeness (QED) is 0.846. The number of halogens is 1. The van der Waals surface area contributed by atoms with Gasteiger partial charge >= 0.3 is 0 Å². The van der Waals surface area contributed by atoms with Crippen LogP contribution >= 0.6 is 22.9 Å². The lowest BCUT2D eigenvalue weighted by atomic mass is 10.1. The monoisotopic (exact) mass is 267 g/mol. The molecule has 90 valence electrons. The Morgan fingerprint density at radius 1 is 1.29 bits per heavy atom. The fourth-order valence-electron chi connectivity index (χ4n) is 1.57. The summed E-state index contributed by atoms with van der Waals surface area (Å²) >= 11 is 7.52. The number of hydrogen-bond donors (Lipinski definition) is 1. The largest absolute Gasteiger partial charge is 0.356 e. The Bertz CT molecular complexity index is 458. The maximum atomic E-state index is 5.97. The molecule has 0 aliphatic rings. The van der Waals surface area contributed by atoms with Crippen LogP contribution in [0, 0.1) is 6.92 Å². The SMILES string of the molecule is Cc1nnc(NC(CCl)Cc2ccccc2)s1. The van der Waals surface area contributed by atoms with Gasteiger partial charge in [-0.3, -0.25) is 0 Å². The van der Waals surface area contributed by atoms with Crippen LogP contribution in [0.15, 0.2) is 30.3 Å². The van der Waals surface area contributed by atoms with Crippen molar-refractivity contribution < 1.29 is 0 Å². The van der Waals surface area contributed by atoms with Crippen molar-refractivity contribution in [1.29, 1.82) is 0 Å². The summed E-state index contributed by atoms with van der Waals surface area (Å²) in [6.07, 6.45) is 0.892. The minimum atomic E-state index is 0.186. The van der Waals surface area contributed by atoms with Crippen LogP contribution in [0.5, 0.6) is 0 Å². The molecule has 0 saturated heterocycles. The fourth-order valence-corrected chi connectivity index (χ4v) is 2.43. The summed E-state index contributed by atoms with van der Waals surface area (Å²) in [6, 6.07) is 10.5. The van der Waals surface area contributed by atoms with E-state index in [1.165, 1.54) is 5.56 Å². The van der Waals surface area contributed by atoms with Crippen LogP contribution in [0.25, 0.3) is 0 Å². The fraction of sp³-hybridized carbons (Fsp3) is 0.333. The van der Waals surface area contributed by atoms with Gasteiger partial charge in [-0.25, -0.2) is 0 Å². The second-order valence-corrected chi connectivity index (χ2v) is 5.30. The number of benzene rings is 1. The third-order valence-corrected chi connectivity index (χ3v) is 3.51. The van der Waals surface area contributed by atoms with Gasteiger partial charge in [0.1, 0.15) is 5.01 Å². The number of nitrogens with zero attached hydrogens (tertiary/aromatic N) is 2. The minimum Gasteiger partial charge on any atom is -0.356 e. The number of hydrogen-bond acceptors (Lipinski definition) is 4. The van der Waals surface area contributed by atoms with Gasteiger partial charge in [-0.2, -0.15) is 0 Å². The van der Waals surface area contributed by atoms with E-state index < -0.39 is 0 Å². The first kappa shape index (κ1) is 12.3. The summed E-state index contributed by atoms with van der Waals surface area (Å²) < 4.78 is 0. The Hall–Kier alpha value is -1.13. The lowest BCUT2D eigenvalue weighted by Gasteiger charge is -2.14. The van der Waals surface area contributed by atoms with Crippen LogP contribution in [0.1, 0.15) is 10.6 Å². The van der Waals surface area contributed by atoms with E-state index in [9.17, 15) is 0 Å². The van der Waals surface area contributed by atoms with E-state index in [1.54, 1.807) is 11.3 Å². The molecule has 17 heavy (non-hydrogen) atoms. The summed E-state index contributed by atoms with van der Waals surface area (Å²) in [5.41, 5.74) is 1.27. The third-order valence-electron chi connectivity index (χ3n) is 2.36. The molecule has 0 amide bonds. The summed E-state index contributed by atoms with van der Waals surface area (Å²) in [6.45, 7) is 1.94. The number of anilines is 1. The molecule has 1 heterocycles. The molecule has 1 unspecified atom stereocenters. The van der Waals surface area contributed by atoms with Gasteiger partial charge < -0.3 is 5.32 Å². The molecule has 0 spiro atoms. The molecule has 0 aliphatic carbocycles. The van der Waals surface area contributed by atoms with Gasteiger partial charge in [0.25, 0.3) is 0 Å². The lowest BCUT2D eigenvalue weighted by molar-refractivity contribution is 0.792. The zero-order chi connectivity index (χ0) is 12.1. The molecular weight excluding hydrogens is 254 g/mol. The first-order chi connectivity index (χ1) is 8.28. The zero-order valence-corrected chi connectivity index (χ0v) is 11.1. The summed E-state index contributed by atoms with van der Waals surface area (Å²) in [5, 5.41) is 13.1. The first-order valence-corrected chi connectivity index (χ1v) is 6.79. The molecule has 1 atom stereocenters. The molecule has 0 saturated carbocycles. The highest BCUT2D eigenvalue weighted by molar-refractivity contribution is 7.15. The zero-order valence-electron chi connectivity index (χ0n) is 9.56. The minimum absolute atomic E-state index is 0.186. The van der Waals surface area contributed by atoms with Crippen LogP contribution in [-0.4, -0.2) is 22.1 Å². The highest BCUT2D eigenvalue weighted by Crippen LogP contribution is 2.16. The smallest absolute Gasteiger partial charge is 0.205 e. The molecule has 2 aromatic rings. The van der Waals surface area contributed by atoms with Crippen LogP contribution in [0.2, 0.25) is 0 Å². The van der Waals surface area contributed by atoms with Crippen molar-refractivity contribution in [2.24, 2.45) is 0 Å². The number of rotatable bonds is 5. The number of alkyl halides is 1. The van der Waals surface area contributed by atoms with Gasteiger partial charge in [-0.15, -0.1) is 21.8 Å².